The van der Waals surface area contributed by atoms with Crippen LogP contribution in [-0.4, -0.2) is 30.0 Å². The third kappa shape index (κ3) is 5.20. The number of H-pyrrole nitrogens is 1. The molecule has 0 spiro atoms. The van der Waals surface area contributed by atoms with E-state index in [4.69, 9.17) is 4.74 Å². The summed E-state index contributed by atoms with van der Waals surface area (Å²) < 4.78 is 5.07. The first kappa shape index (κ1) is 18.3. The lowest BCUT2D eigenvalue weighted by atomic mass is 10.1. The lowest BCUT2D eigenvalue weighted by molar-refractivity contribution is -0.121. The van der Waals surface area contributed by atoms with Crippen LogP contribution in [0.4, 0.5) is 0 Å². The number of ether oxygens (including phenoxy) is 1. The Morgan fingerprint density at radius 3 is 2.55 bits per heavy atom. The van der Waals surface area contributed by atoms with Crippen molar-refractivity contribution in [1.82, 2.24) is 10.3 Å². The molecule has 0 fully saturated rings. The lowest BCUT2D eigenvalue weighted by Gasteiger charge is -2.07. The lowest BCUT2D eigenvalue weighted by Crippen LogP contribution is -2.25. The topological polar surface area (TPSA) is 71.2 Å². The van der Waals surface area contributed by atoms with Gasteiger partial charge in [-0.3, -0.25) is 4.79 Å². The Bertz CT molecular complexity index is 518. The van der Waals surface area contributed by atoms with Crippen LogP contribution >= 0.6 is 0 Å². The summed E-state index contributed by atoms with van der Waals surface area (Å²) in [5, 5.41) is 2.92. The van der Waals surface area contributed by atoms with Gasteiger partial charge in [0.15, 0.2) is 0 Å². The van der Waals surface area contributed by atoms with Gasteiger partial charge in [0.25, 0.3) is 0 Å². The number of hydrogen-bond donors (Lipinski definition) is 2. The molecule has 22 heavy (non-hydrogen) atoms. The van der Waals surface area contributed by atoms with Crippen molar-refractivity contribution in [2.75, 3.05) is 13.2 Å². The van der Waals surface area contributed by atoms with Crippen molar-refractivity contribution in [1.29, 1.82) is 0 Å². The zero-order chi connectivity index (χ0) is 16.7. The minimum absolute atomic E-state index is 0.0463. The zero-order valence-corrected chi connectivity index (χ0v) is 14.3. The fourth-order valence-electron chi connectivity index (χ4n) is 2.40. The van der Waals surface area contributed by atoms with Crippen LogP contribution in [0.1, 0.15) is 60.9 Å². The van der Waals surface area contributed by atoms with Crippen molar-refractivity contribution in [3.05, 3.63) is 22.5 Å². The van der Waals surface area contributed by atoms with E-state index in [9.17, 15) is 9.59 Å². The number of hydrogen-bond acceptors (Lipinski definition) is 3. The van der Waals surface area contributed by atoms with Gasteiger partial charge in [-0.05, 0) is 45.1 Å². The summed E-state index contributed by atoms with van der Waals surface area (Å²) in [5.41, 5.74) is 3.20. The summed E-state index contributed by atoms with van der Waals surface area (Å²) in [5.74, 6) is 0.326. The van der Waals surface area contributed by atoms with Gasteiger partial charge in [0, 0.05) is 24.4 Å². The van der Waals surface area contributed by atoms with E-state index in [1.165, 1.54) is 0 Å². The molecule has 124 valence electrons. The molecule has 1 heterocycles. The maximum absolute atomic E-state index is 11.9. The van der Waals surface area contributed by atoms with Gasteiger partial charge in [0.1, 0.15) is 0 Å². The fraction of sp³-hybridized carbons (Fsp3) is 0.647. The number of nitrogens with one attached hydrogen (secondary N) is 2. The van der Waals surface area contributed by atoms with E-state index in [2.05, 4.69) is 24.1 Å². The second kappa shape index (κ2) is 8.61. The van der Waals surface area contributed by atoms with Crippen molar-refractivity contribution >= 4 is 11.9 Å². The maximum Gasteiger partial charge on any atom is 0.340 e. The van der Waals surface area contributed by atoms with Crippen LogP contribution < -0.4 is 5.32 Å². The van der Waals surface area contributed by atoms with Gasteiger partial charge < -0.3 is 15.0 Å². The number of carbonyl (C=O) groups excluding carboxylic acids is 2. The fourth-order valence-corrected chi connectivity index (χ4v) is 2.40. The molecule has 2 N–H and O–H groups in total. The highest BCUT2D eigenvalue weighted by Gasteiger charge is 2.19. The third-order valence-electron chi connectivity index (χ3n) is 3.67. The Labute approximate surface area is 132 Å². The summed E-state index contributed by atoms with van der Waals surface area (Å²) in [4.78, 5) is 26.9. The van der Waals surface area contributed by atoms with Gasteiger partial charge in [-0.15, -0.1) is 0 Å². The van der Waals surface area contributed by atoms with E-state index in [0.29, 0.717) is 37.5 Å². The monoisotopic (exact) mass is 308 g/mol. The summed E-state index contributed by atoms with van der Waals surface area (Å²) in [7, 11) is 0. The van der Waals surface area contributed by atoms with Crippen LogP contribution in [0.25, 0.3) is 0 Å². The maximum atomic E-state index is 11.9. The van der Waals surface area contributed by atoms with Crippen molar-refractivity contribution in [3.8, 4) is 0 Å². The molecular weight excluding hydrogens is 280 g/mol. The molecule has 0 bridgehead atoms. The molecule has 0 aliphatic carbocycles. The third-order valence-corrected chi connectivity index (χ3v) is 3.67. The highest BCUT2D eigenvalue weighted by atomic mass is 16.5. The van der Waals surface area contributed by atoms with E-state index < -0.39 is 0 Å². The number of aromatic nitrogens is 1. The first-order valence-electron chi connectivity index (χ1n) is 7.98. The van der Waals surface area contributed by atoms with Crippen LogP contribution in [-0.2, 0) is 16.0 Å². The molecule has 1 aromatic rings. The normalized spacial score (nSPS) is 10.8. The van der Waals surface area contributed by atoms with Crippen molar-refractivity contribution in [3.63, 3.8) is 0 Å². The number of carbonyl (C=O) groups is 2. The summed E-state index contributed by atoms with van der Waals surface area (Å²) in [6.45, 7) is 10.9. The molecule has 0 aliphatic heterocycles. The molecule has 1 rings (SSSR count). The Morgan fingerprint density at radius 2 is 1.95 bits per heavy atom. The molecule has 5 nitrogen and oxygen atoms in total. The van der Waals surface area contributed by atoms with E-state index >= 15 is 0 Å². The molecule has 0 aliphatic rings. The van der Waals surface area contributed by atoms with Crippen LogP contribution in [0.15, 0.2) is 0 Å². The standard InChI is InChI=1S/C17H28N2O3/c1-6-22-17(21)16-12(4)14(19-13(16)5)7-8-15(20)18-10-9-11(2)3/h11,19H,6-10H2,1-5H3,(H,18,20). The Balaban J connectivity index is 2.58. The van der Waals surface area contributed by atoms with E-state index in [1.807, 2.05) is 13.8 Å². The van der Waals surface area contributed by atoms with E-state index in [-0.39, 0.29) is 11.9 Å². The predicted octanol–water partition coefficient (Wildman–Crippen LogP) is 2.90. The molecule has 0 atom stereocenters. The zero-order valence-electron chi connectivity index (χ0n) is 14.3. The second-order valence-corrected chi connectivity index (χ2v) is 5.98. The summed E-state index contributed by atoms with van der Waals surface area (Å²) in [6.07, 6.45) is 2.00. The Kier molecular flexibility index (Phi) is 7.15. The first-order chi connectivity index (χ1) is 10.4. The largest absolute Gasteiger partial charge is 0.462 e. The molecule has 0 aromatic carbocycles. The second-order valence-electron chi connectivity index (χ2n) is 5.98. The minimum atomic E-state index is -0.304. The minimum Gasteiger partial charge on any atom is -0.462 e. The molecule has 1 aromatic heterocycles. The van der Waals surface area contributed by atoms with Gasteiger partial charge in [-0.1, -0.05) is 13.8 Å². The number of rotatable bonds is 8. The molecule has 0 unspecified atom stereocenters. The molecular formula is C17H28N2O3. The molecule has 0 saturated heterocycles. The SMILES string of the molecule is CCOC(=O)c1c(C)[nH]c(CCC(=O)NCCC(C)C)c1C. The first-order valence-corrected chi connectivity index (χ1v) is 7.98. The summed E-state index contributed by atoms with van der Waals surface area (Å²) >= 11 is 0. The average Bonchev–Trinajstić information content (AvgIpc) is 2.71. The number of amides is 1. The highest BCUT2D eigenvalue weighted by Crippen LogP contribution is 2.20. The predicted molar refractivity (Wildman–Crippen MR) is 87.0 cm³/mol. The Hall–Kier alpha value is -1.78. The van der Waals surface area contributed by atoms with Gasteiger partial charge in [-0.2, -0.15) is 0 Å². The molecule has 1 amide bonds. The van der Waals surface area contributed by atoms with E-state index in [1.54, 1.807) is 6.92 Å². The summed E-state index contributed by atoms with van der Waals surface area (Å²) in [6, 6.07) is 0. The number of esters is 1. The van der Waals surface area contributed by atoms with Crippen LogP contribution in [0, 0.1) is 19.8 Å². The molecule has 0 radical (unpaired) electrons. The Morgan fingerprint density at radius 1 is 1.27 bits per heavy atom. The van der Waals surface area contributed by atoms with Crippen LogP contribution in [0.2, 0.25) is 0 Å². The van der Waals surface area contributed by atoms with Crippen LogP contribution in [0.3, 0.4) is 0 Å². The smallest absolute Gasteiger partial charge is 0.340 e. The highest BCUT2D eigenvalue weighted by molar-refractivity contribution is 5.92. The van der Waals surface area contributed by atoms with Gasteiger partial charge >= 0.3 is 5.97 Å². The van der Waals surface area contributed by atoms with Gasteiger partial charge in [-0.25, -0.2) is 4.79 Å². The molecule has 0 saturated carbocycles. The van der Waals surface area contributed by atoms with Crippen LogP contribution in [0.5, 0.6) is 0 Å². The number of aromatic amines is 1. The van der Waals surface area contributed by atoms with Gasteiger partial charge in [0.2, 0.25) is 5.91 Å². The van der Waals surface area contributed by atoms with Crippen molar-refractivity contribution in [2.45, 2.75) is 53.9 Å². The van der Waals surface area contributed by atoms with Crippen molar-refractivity contribution < 1.29 is 14.3 Å². The number of aryl methyl sites for hydroxylation is 2. The van der Waals surface area contributed by atoms with E-state index in [0.717, 1.165) is 23.4 Å². The average molecular weight is 308 g/mol. The van der Waals surface area contributed by atoms with Gasteiger partial charge in [0.05, 0.1) is 12.2 Å². The van der Waals surface area contributed by atoms with Crippen molar-refractivity contribution in [2.24, 2.45) is 5.92 Å². The quantitative estimate of drug-likeness (QED) is 0.725. The molecule has 5 heteroatoms.